The SMILES string of the molecule is O=C(CS)NCC(=O)N1CCC[C@H]1C(=O)O. The van der Waals surface area contributed by atoms with Gasteiger partial charge in [-0.1, -0.05) is 0 Å². The Bertz CT molecular complexity index is 308. The van der Waals surface area contributed by atoms with Crippen LogP contribution in [0, 0.1) is 0 Å². The van der Waals surface area contributed by atoms with E-state index in [2.05, 4.69) is 17.9 Å². The van der Waals surface area contributed by atoms with Crippen LogP contribution in [-0.4, -0.2) is 52.7 Å². The zero-order valence-electron chi connectivity index (χ0n) is 8.68. The lowest BCUT2D eigenvalue weighted by atomic mass is 10.2. The highest BCUT2D eigenvalue weighted by molar-refractivity contribution is 7.81. The lowest BCUT2D eigenvalue weighted by molar-refractivity contribution is -0.148. The Labute approximate surface area is 98.4 Å². The summed E-state index contributed by atoms with van der Waals surface area (Å²) in [6.45, 7) is 0.274. The molecule has 1 fully saturated rings. The van der Waals surface area contributed by atoms with Gasteiger partial charge in [0.1, 0.15) is 6.04 Å². The van der Waals surface area contributed by atoms with E-state index in [1.165, 1.54) is 4.90 Å². The van der Waals surface area contributed by atoms with E-state index >= 15 is 0 Å². The van der Waals surface area contributed by atoms with Crippen molar-refractivity contribution < 1.29 is 19.5 Å². The number of carbonyl (C=O) groups is 3. The summed E-state index contributed by atoms with van der Waals surface area (Å²) in [5.74, 6) is -1.69. The molecule has 0 bridgehead atoms. The van der Waals surface area contributed by atoms with Crippen LogP contribution in [0.15, 0.2) is 0 Å². The molecule has 0 spiro atoms. The van der Waals surface area contributed by atoms with E-state index in [4.69, 9.17) is 5.11 Å². The molecule has 6 nitrogen and oxygen atoms in total. The van der Waals surface area contributed by atoms with Crippen molar-refractivity contribution in [3.8, 4) is 0 Å². The van der Waals surface area contributed by atoms with Crippen LogP contribution in [0.2, 0.25) is 0 Å². The van der Waals surface area contributed by atoms with Crippen molar-refractivity contribution in [1.29, 1.82) is 0 Å². The second-order valence-electron chi connectivity index (χ2n) is 3.52. The van der Waals surface area contributed by atoms with Crippen molar-refractivity contribution in [3.05, 3.63) is 0 Å². The van der Waals surface area contributed by atoms with Crippen LogP contribution in [0.1, 0.15) is 12.8 Å². The fraction of sp³-hybridized carbons (Fsp3) is 0.667. The smallest absolute Gasteiger partial charge is 0.326 e. The average molecular weight is 246 g/mol. The van der Waals surface area contributed by atoms with Gasteiger partial charge in [0.15, 0.2) is 0 Å². The van der Waals surface area contributed by atoms with Gasteiger partial charge in [-0.2, -0.15) is 12.6 Å². The Kier molecular flexibility index (Phi) is 4.60. The molecule has 0 aromatic rings. The normalized spacial score (nSPS) is 19.6. The molecule has 0 aliphatic carbocycles. The minimum absolute atomic E-state index is 0.00956. The molecule has 1 rings (SSSR count). The van der Waals surface area contributed by atoms with Crippen LogP contribution < -0.4 is 5.32 Å². The number of carboxylic acid groups (broad SMARTS) is 1. The van der Waals surface area contributed by atoms with Crippen molar-refractivity contribution in [2.24, 2.45) is 0 Å². The second-order valence-corrected chi connectivity index (χ2v) is 3.83. The van der Waals surface area contributed by atoms with Crippen LogP contribution >= 0.6 is 12.6 Å². The zero-order chi connectivity index (χ0) is 12.1. The molecule has 0 saturated carbocycles. The summed E-state index contributed by atoms with van der Waals surface area (Å²) in [4.78, 5) is 34.6. The molecule has 1 aliphatic rings. The molecule has 90 valence electrons. The Balaban J connectivity index is 2.47. The fourth-order valence-corrected chi connectivity index (χ4v) is 1.77. The predicted octanol–water partition coefficient (Wildman–Crippen LogP) is -0.892. The van der Waals surface area contributed by atoms with Gasteiger partial charge in [0, 0.05) is 6.54 Å². The summed E-state index contributed by atoms with van der Waals surface area (Å²) in [7, 11) is 0. The fourth-order valence-electron chi connectivity index (χ4n) is 1.65. The molecule has 16 heavy (non-hydrogen) atoms. The van der Waals surface area contributed by atoms with Gasteiger partial charge in [0.05, 0.1) is 12.3 Å². The summed E-state index contributed by atoms with van der Waals surface area (Å²) in [6, 6.07) is -0.750. The van der Waals surface area contributed by atoms with Crippen molar-refractivity contribution in [2.75, 3.05) is 18.8 Å². The molecule has 0 unspecified atom stereocenters. The van der Waals surface area contributed by atoms with Crippen LogP contribution in [-0.2, 0) is 14.4 Å². The molecule has 2 N–H and O–H groups in total. The van der Waals surface area contributed by atoms with Crippen LogP contribution in [0.25, 0.3) is 0 Å². The summed E-state index contributed by atoms with van der Waals surface area (Å²) in [6.07, 6.45) is 1.16. The lowest BCUT2D eigenvalue weighted by Gasteiger charge is -2.21. The Morgan fingerprint density at radius 3 is 2.69 bits per heavy atom. The number of hydrogen-bond acceptors (Lipinski definition) is 4. The third kappa shape index (κ3) is 3.13. The first-order valence-corrected chi connectivity index (χ1v) is 5.59. The minimum atomic E-state index is -0.994. The third-order valence-corrected chi connectivity index (χ3v) is 2.73. The molecule has 1 atom stereocenters. The van der Waals surface area contributed by atoms with Gasteiger partial charge >= 0.3 is 5.97 Å². The lowest BCUT2D eigenvalue weighted by Crippen LogP contribution is -2.45. The summed E-state index contributed by atoms with van der Waals surface area (Å²) < 4.78 is 0. The van der Waals surface area contributed by atoms with E-state index in [1.807, 2.05) is 0 Å². The number of carboxylic acids is 1. The predicted molar refractivity (Wildman–Crippen MR) is 59.2 cm³/mol. The maximum atomic E-state index is 11.6. The van der Waals surface area contributed by atoms with E-state index in [9.17, 15) is 14.4 Å². The van der Waals surface area contributed by atoms with Crippen molar-refractivity contribution >= 4 is 30.4 Å². The molecule has 7 heteroatoms. The molecule has 0 aromatic heterocycles. The van der Waals surface area contributed by atoms with Crippen molar-refractivity contribution in [1.82, 2.24) is 10.2 Å². The summed E-state index contributed by atoms with van der Waals surface area (Å²) >= 11 is 3.75. The monoisotopic (exact) mass is 246 g/mol. The highest BCUT2D eigenvalue weighted by atomic mass is 32.1. The largest absolute Gasteiger partial charge is 0.480 e. The van der Waals surface area contributed by atoms with Gasteiger partial charge in [-0.05, 0) is 12.8 Å². The quantitative estimate of drug-likeness (QED) is 0.562. The van der Waals surface area contributed by atoms with E-state index in [1.54, 1.807) is 0 Å². The molecule has 1 heterocycles. The first kappa shape index (κ1) is 12.8. The van der Waals surface area contributed by atoms with E-state index < -0.39 is 12.0 Å². The standard InChI is InChI=1S/C9H14N2O4S/c12-7(5-16)10-4-8(13)11-3-1-2-6(11)9(14)15/h6,16H,1-5H2,(H,10,12)(H,14,15)/t6-/m0/s1. The Hall–Kier alpha value is -1.24. The van der Waals surface area contributed by atoms with Crippen LogP contribution in [0.4, 0.5) is 0 Å². The highest BCUT2D eigenvalue weighted by Crippen LogP contribution is 2.16. The van der Waals surface area contributed by atoms with Crippen LogP contribution in [0.5, 0.6) is 0 Å². The van der Waals surface area contributed by atoms with E-state index in [0.29, 0.717) is 19.4 Å². The van der Waals surface area contributed by atoms with Crippen molar-refractivity contribution in [3.63, 3.8) is 0 Å². The topological polar surface area (TPSA) is 86.7 Å². The van der Waals surface area contributed by atoms with Crippen molar-refractivity contribution in [2.45, 2.75) is 18.9 Å². The minimum Gasteiger partial charge on any atom is -0.480 e. The number of thiol groups is 1. The number of likely N-dealkylation sites (tertiary alicyclic amines) is 1. The molecule has 1 saturated heterocycles. The van der Waals surface area contributed by atoms with Gasteiger partial charge in [-0.25, -0.2) is 4.79 Å². The molecular formula is C9H14N2O4S. The highest BCUT2D eigenvalue weighted by Gasteiger charge is 2.33. The number of amides is 2. The zero-order valence-corrected chi connectivity index (χ0v) is 9.57. The van der Waals surface area contributed by atoms with E-state index in [0.717, 1.165) is 0 Å². The summed E-state index contributed by atoms with van der Waals surface area (Å²) in [5.41, 5.74) is 0. The molecule has 1 aliphatic heterocycles. The number of rotatable bonds is 4. The number of aliphatic carboxylic acids is 1. The third-order valence-electron chi connectivity index (χ3n) is 2.44. The average Bonchev–Trinajstić information content (AvgIpc) is 2.74. The summed E-state index contributed by atoms with van der Waals surface area (Å²) in [5, 5.41) is 11.2. The molecule has 2 amide bonds. The molecule has 0 radical (unpaired) electrons. The molecular weight excluding hydrogens is 232 g/mol. The Morgan fingerprint density at radius 1 is 1.44 bits per heavy atom. The number of carbonyl (C=O) groups excluding carboxylic acids is 2. The molecule has 0 aromatic carbocycles. The van der Waals surface area contributed by atoms with Gasteiger partial charge in [0.2, 0.25) is 11.8 Å². The number of hydrogen-bond donors (Lipinski definition) is 3. The van der Waals surface area contributed by atoms with Gasteiger partial charge in [-0.3, -0.25) is 9.59 Å². The van der Waals surface area contributed by atoms with Gasteiger partial charge < -0.3 is 15.3 Å². The van der Waals surface area contributed by atoms with E-state index in [-0.39, 0.29) is 24.1 Å². The van der Waals surface area contributed by atoms with Gasteiger partial charge in [0.25, 0.3) is 0 Å². The van der Waals surface area contributed by atoms with Crippen LogP contribution in [0.3, 0.4) is 0 Å². The number of nitrogens with zero attached hydrogens (tertiary/aromatic N) is 1. The first-order valence-electron chi connectivity index (χ1n) is 4.96. The first-order chi connectivity index (χ1) is 7.56. The number of nitrogens with one attached hydrogen (secondary N) is 1. The Morgan fingerprint density at radius 2 is 2.12 bits per heavy atom. The van der Waals surface area contributed by atoms with Gasteiger partial charge in [-0.15, -0.1) is 0 Å². The maximum Gasteiger partial charge on any atom is 0.326 e. The second kappa shape index (κ2) is 5.74. The maximum absolute atomic E-state index is 11.6.